The van der Waals surface area contributed by atoms with Crippen molar-refractivity contribution in [2.75, 3.05) is 11.9 Å². The van der Waals surface area contributed by atoms with E-state index in [4.69, 9.17) is 5.73 Å². The van der Waals surface area contributed by atoms with E-state index in [1.54, 1.807) is 10.7 Å². The summed E-state index contributed by atoms with van der Waals surface area (Å²) in [7, 11) is 0. The molecule has 0 aliphatic carbocycles. The SMILES string of the molecule is CCNc1nn2c(-c3ccc(Br)cc3)ccnc2c1C(N)=O. The third-order valence-corrected chi connectivity index (χ3v) is 3.78. The van der Waals surface area contributed by atoms with E-state index in [1.807, 2.05) is 37.3 Å². The van der Waals surface area contributed by atoms with Gasteiger partial charge in [-0.3, -0.25) is 4.79 Å². The van der Waals surface area contributed by atoms with Gasteiger partial charge in [-0.05, 0) is 25.1 Å². The van der Waals surface area contributed by atoms with Gasteiger partial charge in [-0.25, -0.2) is 9.50 Å². The van der Waals surface area contributed by atoms with Crippen molar-refractivity contribution in [1.82, 2.24) is 14.6 Å². The number of hydrogen-bond acceptors (Lipinski definition) is 4. The molecule has 0 bridgehead atoms. The Hall–Kier alpha value is -2.41. The molecule has 0 fully saturated rings. The average molecular weight is 360 g/mol. The third kappa shape index (κ3) is 2.43. The number of benzene rings is 1. The number of nitrogens with one attached hydrogen (secondary N) is 1. The molecule has 0 spiro atoms. The predicted molar refractivity (Wildman–Crippen MR) is 88.8 cm³/mol. The lowest BCUT2D eigenvalue weighted by molar-refractivity contribution is 0.100. The fourth-order valence-electron chi connectivity index (χ4n) is 2.30. The van der Waals surface area contributed by atoms with Crippen LogP contribution < -0.4 is 11.1 Å². The maximum absolute atomic E-state index is 11.7. The minimum absolute atomic E-state index is 0.306. The van der Waals surface area contributed by atoms with Gasteiger partial charge in [0, 0.05) is 22.8 Å². The fraction of sp³-hybridized carbons (Fsp3) is 0.133. The third-order valence-electron chi connectivity index (χ3n) is 3.25. The molecule has 1 aromatic carbocycles. The van der Waals surface area contributed by atoms with Gasteiger partial charge in [-0.15, -0.1) is 5.10 Å². The molecule has 0 aliphatic rings. The van der Waals surface area contributed by atoms with Crippen molar-refractivity contribution in [3.8, 4) is 11.3 Å². The highest BCUT2D eigenvalue weighted by molar-refractivity contribution is 9.10. The summed E-state index contributed by atoms with van der Waals surface area (Å²) in [6.45, 7) is 2.57. The Kier molecular flexibility index (Phi) is 3.81. The van der Waals surface area contributed by atoms with E-state index in [1.165, 1.54) is 0 Å². The van der Waals surface area contributed by atoms with E-state index >= 15 is 0 Å². The Morgan fingerprint density at radius 1 is 1.32 bits per heavy atom. The molecule has 22 heavy (non-hydrogen) atoms. The first-order chi connectivity index (χ1) is 10.6. The highest BCUT2D eigenvalue weighted by Crippen LogP contribution is 2.26. The molecule has 0 saturated heterocycles. The normalized spacial score (nSPS) is 10.8. The van der Waals surface area contributed by atoms with Crippen LogP contribution in [0.25, 0.3) is 16.9 Å². The van der Waals surface area contributed by atoms with E-state index in [-0.39, 0.29) is 0 Å². The maximum atomic E-state index is 11.7. The largest absolute Gasteiger partial charge is 0.368 e. The van der Waals surface area contributed by atoms with E-state index in [0.29, 0.717) is 23.6 Å². The summed E-state index contributed by atoms with van der Waals surface area (Å²) in [6.07, 6.45) is 1.65. The molecule has 2 aromatic heterocycles. The number of carbonyl (C=O) groups excluding carboxylic acids is 1. The van der Waals surface area contributed by atoms with Crippen molar-refractivity contribution >= 4 is 33.3 Å². The Morgan fingerprint density at radius 2 is 2.05 bits per heavy atom. The van der Waals surface area contributed by atoms with Crippen molar-refractivity contribution in [3.05, 3.63) is 46.6 Å². The van der Waals surface area contributed by atoms with Crippen molar-refractivity contribution in [3.63, 3.8) is 0 Å². The molecule has 0 saturated carbocycles. The van der Waals surface area contributed by atoms with Crippen LogP contribution in [-0.4, -0.2) is 27.0 Å². The molecule has 6 nitrogen and oxygen atoms in total. The molecule has 3 rings (SSSR count). The van der Waals surface area contributed by atoms with Crippen LogP contribution in [0.1, 0.15) is 17.3 Å². The first-order valence-electron chi connectivity index (χ1n) is 6.79. The zero-order valence-corrected chi connectivity index (χ0v) is 13.5. The second-order valence-corrected chi connectivity index (χ2v) is 5.61. The number of hydrogen-bond donors (Lipinski definition) is 2. The molecular formula is C15H14BrN5O. The van der Waals surface area contributed by atoms with E-state index in [0.717, 1.165) is 15.7 Å². The van der Waals surface area contributed by atoms with Crippen LogP contribution in [0.4, 0.5) is 5.82 Å². The number of rotatable bonds is 4. The Balaban J connectivity index is 2.26. The lowest BCUT2D eigenvalue weighted by Gasteiger charge is -2.04. The van der Waals surface area contributed by atoms with Gasteiger partial charge in [0.25, 0.3) is 5.91 Å². The number of aromatic nitrogens is 3. The van der Waals surface area contributed by atoms with Crippen molar-refractivity contribution < 1.29 is 4.79 Å². The molecule has 0 radical (unpaired) electrons. The maximum Gasteiger partial charge on any atom is 0.256 e. The second-order valence-electron chi connectivity index (χ2n) is 4.69. The molecule has 112 valence electrons. The van der Waals surface area contributed by atoms with E-state index in [2.05, 4.69) is 31.3 Å². The summed E-state index contributed by atoms with van der Waals surface area (Å²) in [5.74, 6) is -0.0986. The molecule has 0 unspecified atom stereocenters. The summed E-state index contributed by atoms with van der Waals surface area (Å²) in [5.41, 5.74) is 8.05. The van der Waals surface area contributed by atoms with Crippen LogP contribution in [-0.2, 0) is 0 Å². The van der Waals surface area contributed by atoms with Gasteiger partial charge in [-0.2, -0.15) is 0 Å². The monoisotopic (exact) mass is 359 g/mol. The molecule has 0 atom stereocenters. The summed E-state index contributed by atoms with van der Waals surface area (Å²) >= 11 is 3.42. The lowest BCUT2D eigenvalue weighted by atomic mass is 10.1. The Bertz CT molecular complexity index is 841. The smallest absolute Gasteiger partial charge is 0.256 e. The molecule has 3 aromatic rings. The number of fused-ring (bicyclic) bond motifs is 1. The minimum atomic E-state index is -0.550. The highest BCUT2D eigenvalue weighted by Gasteiger charge is 2.20. The van der Waals surface area contributed by atoms with Crippen molar-refractivity contribution in [1.29, 1.82) is 0 Å². The van der Waals surface area contributed by atoms with Crippen molar-refractivity contribution in [2.45, 2.75) is 6.92 Å². The second kappa shape index (κ2) is 5.76. The van der Waals surface area contributed by atoms with Crippen LogP contribution in [0.5, 0.6) is 0 Å². The predicted octanol–water partition coefficient (Wildman–Crippen LogP) is 2.69. The molecule has 0 aliphatic heterocycles. The molecule has 7 heteroatoms. The highest BCUT2D eigenvalue weighted by atomic mass is 79.9. The van der Waals surface area contributed by atoms with Gasteiger partial charge in [0.15, 0.2) is 11.5 Å². The Labute approximate surface area is 135 Å². The van der Waals surface area contributed by atoms with Crippen LogP contribution in [0.2, 0.25) is 0 Å². The summed E-state index contributed by atoms with van der Waals surface area (Å²) in [5, 5.41) is 7.51. The zero-order valence-electron chi connectivity index (χ0n) is 11.9. The summed E-state index contributed by atoms with van der Waals surface area (Å²) in [4.78, 5) is 16.0. The van der Waals surface area contributed by atoms with Crippen LogP contribution in [0, 0.1) is 0 Å². The number of carbonyl (C=O) groups is 1. The van der Waals surface area contributed by atoms with E-state index < -0.39 is 5.91 Å². The molecule has 1 amide bonds. The topological polar surface area (TPSA) is 85.3 Å². The fourth-order valence-corrected chi connectivity index (χ4v) is 2.57. The van der Waals surface area contributed by atoms with Gasteiger partial charge in [0.1, 0.15) is 5.56 Å². The summed E-state index contributed by atoms with van der Waals surface area (Å²) < 4.78 is 2.63. The van der Waals surface area contributed by atoms with Crippen LogP contribution in [0.3, 0.4) is 0 Å². The molecular weight excluding hydrogens is 346 g/mol. The number of nitrogens with two attached hydrogens (primary N) is 1. The zero-order chi connectivity index (χ0) is 15.7. The Morgan fingerprint density at radius 3 is 2.68 bits per heavy atom. The van der Waals surface area contributed by atoms with Gasteiger partial charge in [0.05, 0.1) is 5.69 Å². The van der Waals surface area contributed by atoms with Gasteiger partial charge < -0.3 is 11.1 Å². The quantitative estimate of drug-likeness (QED) is 0.749. The minimum Gasteiger partial charge on any atom is -0.368 e. The lowest BCUT2D eigenvalue weighted by Crippen LogP contribution is -2.14. The molecule has 2 heterocycles. The number of amides is 1. The number of anilines is 1. The van der Waals surface area contributed by atoms with Gasteiger partial charge >= 0.3 is 0 Å². The average Bonchev–Trinajstić information content (AvgIpc) is 2.86. The number of nitrogens with zero attached hydrogens (tertiary/aromatic N) is 3. The van der Waals surface area contributed by atoms with E-state index in [9.17, 15) is 4.79 Å². The van der Waals surface area contributed by atoms with Crippen molar-refractivity contribution in [2.24, 2.45) is 5.73 Å². The van der Waals surface area contributed by atoms with Crippen LogP contribution in [0.15, 0.2) is 41.0 Å². The first kappa shape index (κ1) is 14.5. The standard InChI is InChI=1S/C15H14BrN5O/c1-2-18-14-12(13(17)22)15-19-8-7-11(21(15)20-14)9-3-5-10(16)6-4-9/h3-8H,2H2,1H3,(H2,17,22)(H,18,20). The first-order valence-corrected chi connectivity index (χ1v) is 7.58. The summed E-state index contributed by atoms with van der Waals surface area (Å²) in [6, 6.07) is 9.69. The molecule has 3 N–H and O–H groups in total. The van der Waals surface area contributed by atoms with Crippen LogP contribution >= 0.6 is 15.9 Å². The van der Waals surface area contributed by atoms with Gasteiger partial charge in [-0.1, -0.05) is 28.1 Å². The number of halogens is 1. The van der Waals surface area contributed by atoms with Gasteiger partial charge in [0.2, 0.25) is 0 Å². The number of primary amides is 1.